The standard InChI is InChI=1S/C27H32N2O5/c1-3-8-24(25(30)29-14-13-18(26(31)32)15-17(29)2)28-27(33)34-16-23-21-11-6-4-9-19(21)20-10-5-7-12-22(20)23/h4-7,9-12,17-18,23-24H,3,8,13-16H2,1-2H3,(H,28,33)(H,31,32)/t17?,18?,24-/m1/s1. The number of aliphatic carboxylic acids is 1. The van der Waals surface area contributed by atoms with Gasteiger partial charge in [-0.1, -0.05) is 61.9 Å². The highest BCUT2D eigenvalue weighted by molar-refractivity contribution is 5.86. The lowest BCUT2D eigenvalue weighted by molar-refractivity contribution is -0.148. The molecule has 0 bridgehead atoms. The second-order valence-corrected chi connectivity index (χ2v) is 9.25. The van der Waals surface area contributed by atoms with Gasteiger partial charge in [0.05, 0.1) is 5.92 Å². The van der Waals surface area contributed by atoms with Gasteiger partial charge in [-0.2, -0.15) is 0 Å². The fourth-order valence-electron chi connectivity index (χ4n) is 5.25. The number of carboxylic acids is 1. The largest absolute Gasteiger partial charge is 0.481 e. The number of carboxylic acid groups (broad SMARTS) is 1. The summed E-state index contributed by atoms with van der Waals surface area (Å²) in [4.78, 5) is 39.0. The van der Waals surface area contributed by atoms with E-state index in [2.05, 4.69) is 29.6 Å². The molecule has 3 atom stereocenters. The lowest BCUT2D eigenvalue weighted by Crippen LogP contribution is -2.54. The molecule has 2 N–H and O–H groups in total. The van der Waals surface area contributed by atoms with Gasteiger partial charge in [0, 0.05) is 18.5 Å². The molecule has 1 fully saturated rings. The van der Waals surface area contributed by atoms with Crippen LogP contribution in [-0.4, -0.2) is 53.2 Å². The SMILES string of the molecule is CCC[C@@H](NC(=O)OCC1c2ccccc2-c2ccccc21)C(=O)N1CCC(C(=O)O)CC1C. The number of benzene rings is 2. The smallest absolute Gasteiger partial charge is 0.407 e. The molecule has 1 aliphatic carbocycles. The van der Waals surface area contributed by atoms with Gasteiger partial charge < -0.3 is 20.1 Å². The number of rotatable bonds is 7. The van der Waals surface area contributed by atoms with Crippen LogP contribution in [0.15, 0.2) is 48.5 Å². The third-order valence-electron chi connectivity index (χ3n) is 7.02. The molecule has 34 heavy (non-hydrogen) atoms. The average molecular weight is 465 g/mol. The van der Waals surface area contributed by atoms with E-state index >= 15 is 0 Å². The monoisotopic (exact) mass is 464 g/mol. The quantitative estimate of drug-likeness (QED) is 0.633. The Labute approximate surface area is 200 Å². The Kier molecular flexibility index (Phi) is 7.20. The van der Waals surface area contributed by atoms with Crippen molar-refractivity contribution in [1.29, 1.82) is 0 Å². The molecule has 2 aliphatic rings. The van der Waals surface area contributed by atoms with Gasteiger partial charge in [0.2, 0.25) is 5.91 Å². The highest BCUT2D eigenvalue weighted by atomic mass is 16.5. The molecule has 0 radical (unpaired) electrons. The number of likely N-dealkylation sites (tertiary alicyclic amines) is 1. The van der Waals surface area contributed by atoms with Crippen LogP contribution in [0.1, 0.15) is 56.6 Å². The van der Waals surface area contributed by atoms with Gasteiger partial charge in [-0.15, -0.1) is 0 Å². The number of ether oxygens (including phenoxy) is 1. The molecule has 1 saturated heterocycles. The van der Waals surface area contributed by atoms with Crippen molar-refractivity contribution >= 4 is 18.0 Å². The molecule has 180 valence electrons. The predicted molar refractivity (Wildman–Crippen MR) is 128 cm³/mol. The Hall–Kier alpha value is -3.35. The lowest BCUT2D eigenvalue weighted by Gasteiger charge is -2.38. The average Bonchev–Trinajstić information content (AvgIpc) is 3.15. The molecule has 2 aromatic carbocycles. The molecule has 0 aromatic heterocycles. The predicted octanol–water partition coefficient (Wildman–Crippen LogP) is 4.41. The van der Waals surface area contributed by atoms with Crippen molar-refractivity contribution in [3.63, 3.8) is 0 Å². The number of nitrogens with one attached hydrogen (secondary N) is 1. The lowest BCUT2D eigenvalue weighted by atomic mass is 9.91. The second kappa shape index (κ2) is 10.3. The molecule has 7 nitrogen and oxygen atoms in total. The van der Waals surface area contributed by atoms with Crippen molar-refractivity contribution in [2.75, 3.05) is 13.2 Å². The minimum Gasteiger partial charge on any atom is -0.481 e. The van der Waals surface area contributed by atoms with E-state index < -0.39 is 24.0 Å². The van der Waals surface area contributed by atoms with Crippen LogP contribution < -0.4 is 5.32 Å². The minimum atomic E-state index is -0.819. The van der Waals surface area contributed by atoms with E-state index in [1.807, 2.05) is 38.1 Å². The van der Waals surface area contributed by atoms with Gasteiger partial charge >= 0.3 is 12.1 Å². The van der Waals surface area contributed by atoms with Crippen LogP contribution in [0.3, 0.4) is 0 Å². The zero-order valence-corrected chi connectivity index (χ0v) is 19.7. The first-order chi connectivity index (χ1) is 16.4. The van der Waals surface area contributed by atoms with Crippen LogP contribution in [0.25, 0.3) is 11.1 Å². The molecule has 0 saturated carbocycles. The number of hydrogen-bond donors (Lipinski definition) is 2. The maximum absolute atomic E-state index is 13.2. The molecule has 7 heteroatoms. The number of nitrogens with zero attached hydrogens (tertiary/aromatic N) is 1. The Morgan fingerprint density at radius 3 is 2.26 bits per heavy atom. The van der Waals surface area contributed by atoms with E-state index in [-0.39, 0.29) is 24.5 Å². The van der Waals surface area contributed by atoms with Gasteiger partial charge in [-0.05, 0) is 48.4 Å². The van der Waals surface area contributed by atoms with Gasteiger partial charge in [-0.25, -0.2) is 4.79 Å². The van der Waals surface area contributed by atoms with Gasteiger partial charge in [0.1, 0.15) is 12.6 Å². The van der Waals surface area contributed by atoms with Crippen molar-refractivity contribution < 1.29 is 24.2 Å². The summed E-state index contributed by atoms with van der Waals surface area (Å²) in [6.45, 7) is 4.39. The summed E-state index contributed by atoms with van der Waals surface area (Å²) in [6.07, 6.45) is 1.45. The van der Waals surface area contributed by atoms with E-state index in [1.165, 1.54) is 0 Å². The Bertz CT molecular complexity index is 1020. The normalized spacial score (nSPS) is 20.2. The van der Waals surface area contributed by atoms with E-state index in [0.29, 0.717) is 25.8 Å². The first kappa shape index (κ1) is 23.8. The first-order valence-electron chi connectivity index (χ1n) is 12.1. The summed E-state index contributed by atoms with van der Waals surface area (Å²) in [5, 5.41) is 12.1. The van der Waals surface area contributed by atoms with E-state index in [1.54, 1.807) is 4.90 Å². The van der Waals surface area contributed by atoms with E-state index in [4.69, 9.17) is 4.74 Å². The minimum absolute atomic E-state index is 0.0476. The van der Waals surface area contributed by atoms with Gasteiger partial charge in [0.25, 0.3) is 0 Å². The van der Waals surface area contributed by atoms with Crippen LogP contribution in [0.2, 0.25) is 0 Å². The number of alkyl carbamates (subject to hydrolysis) is 1. The number of carbonyl (C=O) groups excluding carboxylic acids is 2. The highest BCUT2D eigenvalue weighted by Crippen LogP contribution is 2.44. The second-order valence-electron chi connectivity index (χ2n) is 9.25. The van der Waals surface area contributed by atoms with Crippen molar-refractivity contribution in [2.24, 2.45) is 5.92 Å². The van der Waals surface area contributed by atoms with Crippen LogP contribution in [0.4, 0.5) is 4.79 Å². The molecular weight excluding hydrogens is 432 g/mol. The maximum atomic E-state index is 13.2. The van der Waals surface area contributed by atoms with E-state index in [0.717, 1.165) is 28.7 Å². The molecular formula is C27H32N2O5. The van der Waals surface area contributed by atoms with Crippen molar-refractivity contribution in [3.8, 4) is 11.1 Å². The van der Waals surface area contributed by atoms with Crippen LogP contribution >= 0.6 is 0 Å². The van der Waals surface area contributed by atoms with Crippen LogP contribution in [0.5, 0.6) is 0 Å². The first-order valence-corrected chi connectivity index (χ1v) is 12.1. The summed E-state index contributed by atoms with van der Waals surface area (Å²) >= 11 is 0. The highest BCUT2D eigenvalue weighted by Gasteiger charge is 2.36. The summed E-state index contributed by atoms with van der Waals surface area (Å²) in [5.74, 6) is -1.47. The topological polar surface area (TPSA) is 95.9 Å². The Morgan fingerprint density at radius 1 is 1.09 bits per heavy atom. The fourth-order valence-corrected chi connectivity index (χ4v) is 5.25. The molecule has 2 unspecified atom stereocenters. The number of hydrogen-bond acceptors (Lipinski definition) is 4. The molecule has 2 amide bonds. The van der Waals surface area contributed by atoms with Crippen molar-refractivity contribution in [1.82, 2.24) is 10.2 Å². The van der Waals surface area contributed by atoms with Gasteiger partial charge in [-0.3, -0.25) is 9.59 Å². The van der Waals surface area contributed by atoms with E-state index in [9.17, 15) is 19.5 Å². The molecule has 1 aliphatic heterocycles. The summed E-state index contributed by atoms with van der Waals surface area (Å²) in [5.41, 5.74) is 4.58. The fraction of sp³-hybridized carbons (Fsp3) is 0.444. The number of fused-ring (bicyclic) bond motifs is 3. The van der Waals surface area contributed by atoms with Crippen LogP contribution in [-0.2, 0) is 14.3 Å². The number of carbonyl (C=O) groups is 3. The van der Waals surface area contributed by atoms with Crippen LogP contribution in [0, 0.1) is 5.92 Å². The Morgan fingerprint density at radius 2 is 1.71 bits per heavy atom. The zero-order chi connectivity index (χ0) is 24.2. The summed E-state index contributed by atoms with van der Waals surface area (Å²) < 4.78 is 5.63. The third kappa shape index (κ3) is 4.79. The molecule has 0 spiro atoms. The maximum Gasteiger partial charge on any atom is 0.407 e. The molecule has 4 rings (SSSR count). The third-order valence-corrected chi connectivity index (χ3v) is 7.02. The summed E-state index contributed by atoms with van der Waals surface area (Å²) in [7, 11) is 0. The van der Waals surface area contributed by atoms with Crippen molar-refractivity contribution in [2.45, 2.75) is 57.5 Å². The molecule has 2 aromatic rings. The zero-order valence-electron chi connectivity index (χ0n) is 19.7. The van der Waals surface area contributed by atoms with Gasteiger partial charge in [0.15, 0.2) is 0 Å². The number of amides is 2. The van der Waals surface area contributed by atoms with Crippen molar-refractivity contribution in [3.05, 3.63) is 59.7 Å². The number of piperidine rings is 1. The Balaban J connectivity index is 1.39. The summed E-state index contributed by atoms with van der Waals surface area (Å²) in [6, 6.07) is 15.4. The molecule has 1 heterocycles.